The van der Waals surface area contributed by atoms with Gasteiger partial charge in [-0.2, -0.15) is 0 Å². The quantitative estimate of drug-likeness (QED) is 0.662. The van der Waals surface area contributed by atoms with E-state index < -0.39 is 0 Å². The molecule has 2 rings (SSSR count). The Hall–Kier alpha value is -1.75. The molecule has 5 heteroatoms. The van der Waals surface area contributed by atoms with Crippen LogP contribution in [0.3, 0.4) is 0 Å². The van der Waals surface area contributed by atoms with Crippen molar-refractivity contribution in [3.8, 4) is 5.75 Å². The summed E-state index contributed by atoms with van der Waals surface area (Å²) in [6.07, 6.45) is 3.48. The maximum atomic E-state index is 5.93. The van der Waals surface area contributed by atoms with Crippen LogP contribution in [0.4, 0.5) is 5.69 Å². The molecule has 4 nitrogen and oxygen atoms in total. The highest BCUT2D eigenvalue weighted by molar-refractivity contribution is 7.98. The lowest BCUT2D eigenvalue weighted by Gasteiger charge is -2.08. The molecule has 2 N–H and O–H groups in total. The first-order valence-electron chi connectivity index (χ1n) is 5.70. The Morgan fingerprint density at radius 3 is 2.78 bits per heavy atom. The van der Waals surface area contributed by atoms with Crippen LogP contribution in [0, 0.1) is 0 Å². The second kappa shape index (κ2) is 6.26. The van der Waals surface area contributed by atoms with Crippen molar-refractivity contribution in [2.24, 2.45) is 0 Å². The van der Waals surface area contributed by atoms with E-state index in [0.29, 0.717) is 12.4 Å². The molecular weight excluding hydrogens is 246 g/mol. The molecule has 94 valence electrons. The van der Waals surface area contributed by atoms with Gasteiger partial charge in [0, 0.05) is 23.0 Å². The minimum Gasteiger partial charge on any atom is -0.494 e. The molecule has 1 heterocycles. The van der Waals surface area contributed by atoms with Gasteiger partial charge in [0.15, 0.2) is 0 Å². The van der Waals surface area contributed by atoms with E-state index in [1.807, 2.05) is 25.1 Å². The van der Waals surface area contributed by atoms with Gasteiger partial charge in [-0.15, -0.1) is 11.8 Å². The predicted octanol–water partition coefficient (Wildman–Crippen LogP) is 2.75. The van der Waals surface area contributed by atoms with E-state index in [0.717, 1.165) is 22.2 Å². The van der Waals surface area contributed by atoms with E-state index in [9.17, 15) is 0 Å². The monoisotopic (exact) mass is 261 g/mol. The molecule has 0 unspecified atom stereocenters. The van der Waals surface area contributed by atoms with Gasteiger partial charge in [-0.05, 0) is 31.2 Å². The Morgan fingerprint density at radius 1 is 1.28 bits per heavy atom. The Kier molecular flexibility index (Phi) is 4.41. The number of benzene rings is 1. The smallest absolute Gasteiger partial charge is 0.138 e. The van der Waals surface area contributed by atoms with Crippen LogP contribution >= 0.6 is 11.8 Å². The van der Waals surface area contributed by atoms with Gasteiger partial charge in [0.25, 0.3) is 0 Å². The molecule has 0 bridgehead atoms. The summed E-state index contributed by atoms with van der Waals surface area (Å²) in [5.41, 5.74) is 6.68. The third-order valence-corrected chi connectivity index (χ3v) is 3.34. The van der Waals surface area contributed by atoms with Crippen molar-refractivity contribution in [3.63, 3.8) is 0 Å². The average Bonchev–Trinajstić information content (AvgIpc) is 2.41. The number of hydrogen-bond acceptors (Lipinski definition) is 5. The molecule has 0 radical (unpaired) electrons. The summed E-state index contributed by atoms with van der Waals surface area (Å²) in [6, 6.07) is 7.49. The highest BCUT2D eigenvalue weighted by atomic mass is 32.2. The van der Waals surface area contributed by atoms with Crippen LogP contribution in [-0.2, 0) is 5.75 Å². The fourth-order valence-corrected chi connectivity index (χ4v) is 2.31. The fraction of sp³-hybridized carbons (Fsp3) is 0.231. The van der Waals surface area contributed by atoms with Crippen LogP contribution in [0.15, 0.2) is 41.6 Å². The minimum absolute atomic E-state index is 0.649. The van der Waals surface area contributed by atoms with Crippen LogP contribution in [0.1, 0.15) is 12.7 Å². The molecule has 1 aromatic carbocycles. The molecule has 0 aliphatic heterocycles. The lowest BCUT2D eigenvalue weighted by Crippen LogP contribution is -1.95. The van der Waals surface area contributed by atoms with Crippen molar-refractivity contribution in [2.45, 2.75) is 17.6 Å². The van der Waals surface area contributed by atoms with Crippen molar-refractivity contribution in [1.82, 2.24) is 9.97 Å². The molecule has 0 spiro atoms. The lowest BCUT2D eigenvalue weighted by atomic mass is 10.3. The summed E-state index contributed by atoms with van der Waals surface area (Å²) in [5.74, 6) is 2.33. The van der Waals surface area contributed by atoms with Crippen LogP contribution in [0.5, 0.6) is 5.75 Å². The van der Waals surface area contributed by atoms with E-state index in [-0.39, 0.29) is 0 Å². The lowest BCUT2D eigenvalue weighted by molar-refractivity contribution is 0.339. The average molecular weight is 261 g/mol. The van der Waals surface area contributed by atoms with E-state index in [1.54, 1.807) is 30.2 Å². The first kappa shape index (κ1) is 12.7. The maximum Gasteiger partial charge on any atom is 0.138 e. The molecule has 0 fully saturated rings. The van der Waals surface area contributed by atoms with Crippen LogP contribution in [0.2, 0.25) is 0 Å². The number of nitrogen functional groups attached to an aromatic ring is 1. The zero-order valence-corrected chi connectivity index (χ0v) is 11.0. The molecule has 2 aromatic rings. The predicted molar refractivity (Wildman–Crippen MR) is 73.6 cm³/mol. The van der Waals surface area contributed by atoms with E-state index in [2.05, 4.69) is 9.97 Å². The Balaban J connectivity index is 2.06. The Bertz CT molecular complexity index is 505. The highest BCUT2D eigenvalue weighted by Gasteiger charge is 2.04. The topological polar surface area (TPSA) is 61.0 Å². The number of ether oxygens (including phenoxy) is 1. The van der Waals surface area contributed by atoms with Crippen molar-refractivity contribution < 1.29 is 4.74 Å². The number of anilines is 1. The molecular formula is C13H15N3OS. The van der Waals surface area contributed by atoms with Gasteiger partial charge in [-0.1, -0.05) is 0 Å². The zero-order valence-electron chi connectivity index (χ0n) is 10.2. The normalized spacial score (nSPS) is 10.3. The summed E-state index contributed by atoms with van der Waals surface area (Å²) in [5, 5.41) is 0. The largest absolute Gasteiger partial charge is 0.494 e. The van der Waals surface area contributed by atoms with Gasteiger partial charge >= 0.3 is 0 Å². The third-order valence-electron chi connectivity index (χ3n) is 2.27. The number of thioether (sulfide) groups is 1. The van der Waals surface area contributed by atoms with Gasteiger partial charge in [0.1, 0.15) is 11.6 Å². The Morgan fingerprint density at radius 2 is 2.06 bits per heavy atom. The van der Waals surface area contributed by atoms with Gasteiger partial charge in [-0.3, -0.25) is 0 Å². The Labute approximate surface area is 111 Å². The van der Waals surface area contributed by atoms with Gasteiger partial charge < -0.3 is 10.5 Å². The van der Waals surface area contributed by atoms with Crippen molar-refractivity contribution in [3.05, 3.63) is 42.5 Å². The van der Waals surface area contributed by atoms with Crippen LogP contribution < -0.4 is 10.5 Å². The summed E-state index contributed by atoms with van der Waals surface area (Å²) in [4.78, 5) is 9.35. The summed E-state index contributed by atoms with van der Waals surface area (Å²) < 4.78 is 5.45. The van der Waals surface area contributed by atoms with E-state index in [4.69, 9.17) is 10.5 Å². The second-order valence-electron chi connectivity index (χ2n) is 3.59. The van der Waals surface area contributed by atoms with Gasteiger partial charge in [0.05, 0.1) is 12.4 Å². The second-order valence-corrected chi connectivity index (χ2v) is 4.60. The number of nitrogens with two attached hydrogens (primary N) is 1. The molecule has 0 amide bonds. The molecule has 0 atom stereocenters. The first-order valence-corrected chi connectivity index (χ1v) is 6.69. The number of aromatic nitrogens is 2. The fourth-order valence-electron chi connectivity index (χ4n) is 1.44. The van der Waals surface area contributed by atoms with E-state index >= 15 is 0 Å². The van der Waals surface area contributed by atoms with Crippen LogP contribution in [-0.4, -0.2) is 16.6 Å². The van der Waals surface area contributed by atoms with E-state index in [1.165, 1.54) is 0 Å². The minimum atomic E-state index is 0.649. The van der Waals surface area contributed by atoms with Crippen molar-refractivity contribution >= 4 is 17.4 Å². The first-order chi connectivity index (χ1) is 8.79. The summed E-state index contributed by atoms with van der Waals surface area (Å²) in [7, 11) is 0. The third kappa shape index (κ3) is 3.37. The molecule has 18 heavy (non-hydrogen) atoms. The number of rotatable bonds is 5. The molecule has 0 aliphatic rings. The maximum absolute atomic E-state index is 5.93. The van der Waals surface area contributed by atoms with Crippen LogP contribution in [0.25, 0.3) is 0 Å². The van der Waals surface area contributed by atoms with Crippen molar-refractivity contribution in [2.75, 3.05) is 12.3 Å². The summed E-state index contributed by atoms with van der Waals surface area (Å²) >= 11 is 1.61. The van der Waals surface area contributed by atoms with Crippen molar-refractivity contribution in [1.29, 1.82) is 0 Å². The molecule has 1 aromatic heterocycles. The number of nitrogens with zero attached hydrogens (tertiary/aromatic N) is 2. The molecule has 0 saturated carbocycles. The van der Waals surface area contributed by atoms with Gasteiger partial charge in [0.2, 0.25) is 0 Å². The molecule has 0 aliphatic carbocycles. The standard InChI is InChI=1S/C13H15N3OS/c1-2-17-10-4-5-11(14)12(8-10)18-9-13-15-6-3-7-16-13/h3-8H,2,9,14H2,1H3. The van der Waals surface area contributed by atoms with Gasteiger partial charge in [-0.25, -0.2) is 9.97 Å². The molecule has 0 saturated heterocycles. The number of hydrogen-bond donors (Lipinski definition) is 1. The zero-order chi connectivity index (χ0) is 12.8. The SMILES string of the molecule is CCOc1ccc(N)c(SCc2ncccn2)c1. The summed E-state index contributed by atoms with van der Waals surface area (Å²) in [6.45, 7) is 2.61. The highest BCUT2D eigenvalue weighted by Crippen LogP contribution is 2.30.